The maximum atomic E-state index is 11.3. The van der Waals surface area contributed by atoms with Gasteiger partial charge in [0.15, 0.2) is 0 Å². The zero-order chi connectivity index (χ0) is 25.1. The molecule has 4 saturated carbocycles. The van der Waals surface area contributed by atoms with Crippen LogP contribution in [0.3, 0.4) is 0 Å². The fraction of sp³-hybridized carbons (Fsp3) is 0.933. The topological polar surface area (TPSA) is 80.9 Å². The summed E-state index contributed by atoms with van der Waals surface area (Å²) in [6.45, 7) is 16.2. The van der Waals surface area contributed by atoms with Crippen LogP contribution < -0.4 is 0 Å². The molecular weight excluding hydrogens is 424 g/mol. The summed E-state index contributed by atoms with van der Waals surface area (Å²) in [6, 6.07) is 0. The third kappa shape index (κ3) is 2.81. The van der Waals surface area contributed by atoms with Crippen LogP contribution in [0.25, 0.3) is 0 Å². The van der Waals surface area contributed by atoms with Gasteiger partial charge in [-0.1, -0.05) is 60.1 Å². The average molecular weight is 475 g/mol. The normalized spacial score (nSPS) is 58.6. The molecule has 3 unspecified atom stereocenters. The van der Waals surface area contributed by atoms with E-state index in [2.05, 4.69) is 54.5 Å². The van der Waals surface area contributed by atoms with Crippen molar-refractivity contribution in [2.24, 2.45) is 50.2 Å². The molecule has 4 fully saturated rings. The van der Waals surface area contributed by atoms with Crippen LogP contribution in [0.15, 0.2) is 11.6 Å². The van der Waals surface area contributed by atoms with Crippen molar-refractivity contribution in [3.63, 3.8) is 0 Å². The Hall–Kier alpha value is -0.420. The first-order valence-corrected chi connectivity index (χ1v) is 14.0. The number of rotatable bonds is 1. The van der Waals surface area contributed by atoms with Crippen molar-refractivity contribution in [3.8, 4) is 0 Å². The van der Waals surface area contributed by atoms with E-state index < -0.39 is 23.7 Å². The molecule has 5 rings (SSSR count). The molecule has 0 spiro atoms. The minimum absolute atomic E-state index is 0.0614. The minimum Gasteiger partial charge on any atom is -0.396 e. The molecule has 0 aromatic carbocycles. The van der Waals surface area contributed by atoms with Gasteiger partial charge < -0.3 is 20.4 Å². The van der Waals surface area contributed by atoms with E-state index in [9.17, 15) is 20.4 Å². The molecule has 0 bridgehead atoms. The van der Waals surface area contributed by atoms with Crippen molar-refractivity contribution in [2.75, 3.05) is 6.61 Å². The van der Waals surface area contributed by atoms with Crippen LogP contribution in [-0.2, 0) is 0 Å². The summed E-state index contributed by atoms with van der Waals surface area (Å²) in [5, 5.41) is 43.6. The molecule has 5 aliphatic rings. The molecule has 4 N–H and O–H groups in total. The highest BCUT2D eigenvalue weighted by Crippen LogP contribution is 2.75. The monoisotopic (exact) mass is 474 g/mol. The maximum Gasteiger partial charge on any atom is 0.0863 e. The van der Waals surface area contributed by atoms with Crippen LogP contribution in [-0.4, -0.2) is 45.3 Å². The Morgan fingerprint density at radius 2 is 1.47 bits per heavy atom. The first kappa shape index (κ1) is 25.2. The van der Waals surface area contributed by atoms with E-state index >= 15 is 0 Å². The van der Waals surface area contributed by atoms with Gasteiger partial charge in [-0.05, 0) is 90.8 Å². The second-order valence-corrected chi connectivity index (χ2v) is 15.2. The van der Waals surface area contributed by atoms with E-state index in [1.807, 2.05) is 0 Å². The summed E-state index contributed by atoms with van der Waals surface area (Å²) in [4.78, 5) is 0. The molecule has 4 heteroatoms. The Kier molecular flexibility index (Phi) is 5.44. The van der Waals surface area contributed by atoms with Gasteiger partial charge in [0.1, 0.15) is 0 Å². The lowest BCUT2D eigenvalue weighted by atomic mass is 9.33. The van der Waals surface area contributed by atoms with Gasteiger partial charge in [0.05, 0.1) is 24.9 Å². The van der Waals surface area contributed by atoms with Gasteiger partial charge in [-0.2, -0.15) is 0 Å². The zero-order valence-electron chi connectivity index (χ0n) is 22.7. The van der Waals surface area contributed by atoms with Crippen LogP contribution in [0.5, 0.6) is 0 Å². The lowest BCUT2D eigenvalue weighted by Crippen LogP contribution is -2.67. The first-order chi connectivity index (χ1) is 15.6. The lowest BCUT2D eigenvalue weighted by Gasteiger charge is -2.72. The fourth-order valence-corrected chi connectivity index (χ4v) is 10.7. The predicted molar refractivity (Wildman–Crippen MR) is 135 cm³/mol. The van der Waals surface area contributed by atoms with Crippen LogP contribution in [0, 0.1) is 50.2 Å². The molecule has 4 nitrogen and oxygen atoms in total. The number of hydrogen-bond donors (Lipinski definition) is 4. The van der Waals surface area contributed by atoms with Gasteiger partial charge in [-0.15, -0.1) is 0 Å². The summed E-state index contributed by atoms with van der Waals surface area (Å²) >= 11 is 0. The predicted octanol–water partition coefficient (Wildman–Crippen LogP) is 5.08. The van der Waals surface area contributed by atoms with Crippen molar-refractivity contribution in [2.45, 2.75) is 118 Å². The van der Waals surface area contributed by atoms with E-state index in [-0.39, 0.29) is 33.7 Å². The van der Waals surface area contributed by atoms with Crippen molar-refractivity contribution in [3.05, 3.63) is 11.6 Å². The molecule has 0 aromatic rings. The Bertz CT molecular complexity index is 881. The first-order valence-electron chi connectivity index (χ1n) is 14.0. The summed E-state index contributed by atoms with van der Waals surface area (Å²) < 4.78 is 0. The molecule has 0 saturated heterocycles. The standard InChI is InChI=1S/C30H50O4/c1-25(2)16-19-18-8-9-21-27(4)12-11-22(32)28(5,17-31)20(27)10-13-30(21,7)29(18,6)15-14-26(19,3)24(34)23(25)33/h8,19-24,31-34H,9-17H2,1-7H3/t19-,20+,21+,22?,23?,24?,26+,27-,28+,29+,30+/m0/s1. The highest BCUT2D eigenvalue weighted by Gasteiger charge is 2.69. The maximum absolute atomic E-state index is 11.3. The van der Waals surface area contributed by atoms with E-state index in [0.717, 1.165) is 51.4 Å². The van der Waals surface area contributed by atoms with Crippen LogP contribution >= 0.6 is 0 Å². The Morgan fingerprint density at radius 1 is 0.794 bits per heavy atom. The third-order valence-electron chi connectivity index (χ3n) is 13.5. The average Bonchev–Trinajstić information content (AvgIpc) is 2.77. The highest BCUT2D eigenvalue weighted by atomic mass is 16.3. The number of aliphatic hydroxyl groups is 4. The quantitative estimate of drug-likeness (QED) is 0.399. The summed E-state index contributed by atoms with van der Waals surface area (Å²) in [6.07, 6.45) is 8.79. The fourth-order valence-electron chi connectivity index (χ4n) is 10.7. The van der Waals surface area contributed by atoms with E-state index in [1.54, 1.807) is 5.57 Å². The Balaban J connectivity index is 1.58. The van der Waals surface area contributed by atoms with Gasteiger partial charge in [0.2, 0.25) is 0 Å². The molecular formula is C30H50O4. The van der Waals surface area contributed by atoms with E-state index in [1.165, 1.54) is 0 Å². The van der Waals surface area contributed by atoms with Gasteiger partial charge in [-0.3, -0.25) is 0 Å². The second kappa shape index (κ2) is 7.33. The molecule has 0 aliphatic heterocycles. The molecule has 194 valence electrons. The van der Waals surface area contributed by atoms with Crippen molar-refractivity contribution < 1.29 is 20.4 Å². The van der Waals surface area contributed by atoms with Crippen molar-refractivity contribution >= 4 is 0 Å². The van der Waals surface area contributed by atoms with Gasteiger partial charge in [0, 0.05) is 10.8 Å². The van der Waals surface area contributed by atoms with Gasteiger partial charge in [0.25, 0.3) is 0 Å². The largest absolute Gasteiger partial charge is 0.396 e. The summed E-state index contributed by atoms with van der Waals surface area (Å²) in [5.74, 6) is 1.17. The summed E-state index contributed by atoms with van der Waals surface area (Å²) in [7, 11) is 0. The summed E-state index contributed by atoms with van der Waals surface area (Å²) in [5.41, 5.74) is 0.920. The number of hydrogen-bond acceptors (Lipinski definition) is 4. The molecule has 34 heavy (non-hydrogen) atoms. The highest BCUT2D eigenvalue weighted by molar-refractivity contribution is 5.34. The minimum atomic E-state index is -0.685. The van der Waals surface area contributed by atoms with E-state index in [0.29, 0.717) is 17.8 Å². The Morgan fingerprint density at radius 3 is 2.12 bits per heavy atom. The molecule has 11 atom stereocenters. The van der Waals surface area contributed by atoms with Crippen LogP contribution in [0.2, 0.25) is 0 Å². The lowest BCUT2D eigenvalue weighted by molar-refractivity contribution is -0.225. The molecule has 5 aliphatic carbocycles. The van der Waals surface area contributed by atoms with Crippen LogP contribution in [0.1, 0.15) is 99.8 Å². The number of aliphatic hydroxyl groups excluding tert-OH is 4. The molecule has 0 heterocycles. The van der Waals surface area contributed by atoms with Gasteiger partial charge >= 0.3 is 0 Å². The van der Waals surface area contributed by atoms with E-state index in [4.69, 9.17) is 0 Å². The molecule has 0 amide bonds. The van der Waals surface area contributed by atoms with Crippen molar-refractivity contribution in [1.82, 2.24) is 0 Å². The molecule has 0 aromatic heterocycles. The Labute approximate surface area is 207 Å². The van der Waals surface area contributed by atoms with Gasteiger partial charge in [-0.25, -0.2) is 0 Å². The van der Waals surface area contributed by atoms with Crippen molar-refractivity contribution in [1.29, 1.82) is 0 Å². The number of allylic oxidation sites excluding steroid dienone is 2. The third-order valence-corrected chi connectivity index (χ3v) is 13.5. The second-order valence-electron chi connectivity index (χ2n) is 15.2. The smallest absolute Gasteiger partial charge is 0.0863 e. The zero-order valence-corrected chi connectivity index (χ0v) is 22.7. The SMILES string of the molecule is CC1(C)C[C@H]2C3=CC[C@@H]4[C@@]5(C)CCC(O)[C@](C)(CO)[C@@H]5CC[C@@]4(C)[C@]3(C)CC[C@@]2(C)C(O)C1O. The number of fused-ring (bicyclic) bond motifs is 7. The van der Waals surface area contributed by atoms with Crippen LogP contribution in [0.4, 0.5) is 0 Å². The molecule has 0 radical (unpaired) electrons.